The summed E-state index contributed by atoms with van der Waals surface area (Å²) >= 11 is 5.94. The molecule has 0 radical (unpaired) electrons. The standard InChI is InChI=1S/C14H10ClNO/c15-12-7-6-10-8-9-16(13(10)14(12)17)11-4-2-1-3-5-11/h1-9,17H. The average molecular weight is 244 g/mol. The van der Waals surface area contributed by atoms with Gasteiger partial charge in [0.1, 0.15) is 0 Å². The van der Waals surface area contributed by atoms with E-state index in [1.807, 2.05) is 53.2 Å². The minimum atomic E-state index is 0.123. The van der Waals surface area contributed by atoms with Crippen molar-refractivity contribution in [1.29, 1.82) is 0 Å². The van der Waals surface area contributed by atoms with Crippen LogP contribution >= 0.6 is 11.6 Å². The molecular formula is C14H10ClNO. The molecule has 1 aromatic heterocycles. The molecule has 0 aliphatic rings. The Hall–Kier alpha value is -1.93. The van der Waals surface area contributed by atoms with Gasteiger partial charge in [0, 0.05) is 17.3 Å². The number of halogens is 1. The van der Waals surface area contributed by atoms with Gasteiger partial charge < -0.3 is 9.67 Å². The second kappa shape index (κ2) is 3.82. The molecule has 17 heavy (non-hydrogen) atoms. The van der Waals surface area contributed by atoms with Crippen LogP contribution in [0.5, 0.6) is 5.75 Å². The topological polar surface area (TPSA) is 25.2 Å². The monoisotopic (exact) mass is 243 g/mol. The number of phenolic OH excluding ortho intramolecular Hbond substituents is 1. The third-order valence-electron chi connectivity index (χ3n) is 2.81. The first-order chi connectivity index (χ1) is 8.27. The normalized spacial score (nSPS) is 10.9. The highest BCUT2D eigenvalue weighted by atomic mass is 35.5. The zero-order chi connectivity index (χ0) is 11.8. The van der Waals surface area contributed by atoms with E-state index in [2.05, 4.69) is 0 Å². The van der Waals surface area contributed by atoms with Crippen LogP contribution in [0.25, 0.3) is 16.6 Å². The maximum Gasteiger partial charge on any atom is 0.158 e. The highest BCUT2D eigenvalue weighted by Crippen LogP contribution is 2.34. The van der Waals surface area contributed by atoms with Gasteiger partial charge in [-0.3, -0.25) is 0 Å². The van der Waals surface area contributed by atoms with Gasteiger partial charge in [0.25, 0.3) is 0 Å². The van der Waals surface area contributed by atoms with Crippen LogP contribution in [0.2, 0.25) is 5.02 Å². The molecule has 0 aliphatic heterocycles. The Morgan fingerprint density at radius 1 is 0.941 bits per heavy atom. The van der Waals surface area contributed by atoms with E-state index in [9.17, 15) is 5.11 Å². The fourth-order valence-electron chi connectivity index (χ4n) is 1.99. The number of benzene rings is 2. The number of aromatic nitrogens is 1. The summed E-state index contributed by atoms with van der Waals surface area (Å²) in [5.41, 5.74) is 1.74. The van der Waals surface area contributed by atoms with E-state index in [1.165, 1.54) is 0 Å². The molecule has 2 aromatic carbocycles. The van der Waals surface area contributed by atoms with Gasteiger partial charge in [0.15, 0.2) is 5.75 Å². The lowest BCUT2D eigenvalue weighted by Crippen LogP contribution is -1.91. The highest BCUT2D eigenvalue weighted by molar-refractivity contribution is 6.33. The summed E-state index contributed by atoms with van der Waals surface area (Å²) in [5.74, 6) is 0.123. The smallest absolute Gasteiger partial charge is 0.158 e. The van der Waals surface area contributed by atoms with Gasteiger partial charge in [-0.05, 0) is 24.3 Å². The Balaban J connectivity index is 2.35. The maximum absolute atomic E-state index is 10.0. The summed E-state index contributed by atoms with van der Waals surface area (Å²) in [6, 6.07) is 15.4. The van der Waals surface area contributed by atoms with E-state index in [0.717, 1.165) is 16.6 Å². The fourth-order valence-corrected chi connectivity index (χ4v) is 2.14. The van der Waals surface area contributed by atoms with Crippen molar-refractivity contribution in [3.8, 4) is 11.4 Å². The molecule has 84 valence electrons. The van der Waals surface area contributed by atoms with E-state index in [0.29, 0.717) is 5.02 Å². The van der Waals surface area contributed by atoms with Crippen LogP contribution < -0.4 is 0 Å². The predicted molar refractivity (Wildman–Crippen MR) is 69.9 cm³/mol. The van der Waals surface area contributed by atoms with E-state index in [4.69, 9.17) is 11.6 Å². The third-order valence-corrected chi connectivity index (χ3v) is 3.12. The molecule has 1 heterocycles. The van der Waals surface area contributed by atoms with Crippen molar-refractivity contribution >= 4 is 22.5 Å². The van der Waals surface area contributed by atoms with Gasteiger partial charge in [0.05, 0.1) is 10.5 Å². The number of aromatic hydroxyl groups is 1. The maximum atomic E-state index is 10.0. The molecular weight excluding hydrogens is 234 g/mol. The lowest BCUT2D eigenvalue weighted by atomic mass is 10.2. The lowest BCUT2D eigenvalue weighted by molar-refractivity contribution is 0.480. The first-order valence-corrected chi connectivity index (χ1v) is 5.69. The van der Waals surface area contributed by atoms with E-state index < -0.39 is 0 Å². The molecule has 0 spiro atoms. The minimum Gasteiger partial charge on any atom is -0.504 e. The molecule has 0 saturated carbocycles. The summed E-state index contributed by atoms with van der Waals surface area (Å²) < 4.78 is 1.93. The number of hydrogen-bond acceptors (Lipinski definition) is 1. The number of para-hydroxylation sites is 1. The first-order valence-electron chi connectivity index (χ1n) is 5.31. The van der Waals surface area contributed by atoms with Crippen LogP contribution in [-0.2, 0) is 0 Å². The van der Waals surface area contributed by atoms with Crippen LogP contribution in [0.4, 0.5) is 0 Å². The number of rotatable bonds is 1. The van der Waals surface area contributed by atoms with E-state index >= 15 is 0 Å². The number of hydrogen-bond donors (Lipinski definition) is 1. The van der Waals surface area contributed by atoms with Crippen molar-refractivity contribution in [2.45, 2.75) is 0 Å². The number of phenols is 1. The fraction of sp³-hybridized carbons (Fsp3) is 0. The van der Waals surface area contributed by atoms with Crippen molar-refractivity contribution in [2.24, 2.45) is 0 Å². The molecule has 0 unspecified atom stereocenters. The van der Waals surface area contributed by atoms with Crippen molar-refractivity contribution in [2.75, 3.05) is 0 Å². The van der Waals surface area contributed by atoms with Gasteiger partial charge in [-0.1, -0.05) is 35.9 Å². The summed E-state index contributed by atoms with van der Waals surface area (Å²) in [5, 5.41) is 11.4. The molecule has 3 aromatic rings. The van der Waals surface area contributed by atoms with Gasteiger partial charge in [-0.25, -0.2) is 0 Å². The molecule has 0 bridgehead atoms. The van der Waals surface area contributed by atoms with Gasteiger partial charge >= 0.3 is 0 Å². The van der Waals surface area contributed by atoms with Crippen molar-refractivity contribution in [1.82, 2.24) is 4.57 Å². The van der Waals surface area contributed by atoms with Gasteiger partial charge in [-0.15, -0.1) is 0 Å². The molecule has 0 saturated heterocycles. The zero-order valence-corrected chi connectivity index (χ0v) is 9.72. The Morgan fingerprint density at radius 2 is 1.71 bits per heavy atom. The van der Waals surface area contributed by atoms with Crippen LogP contribution in [0, 0.1) is 0 Å². The molecule has 0 amide bonds. The molecule has 3 heteroatoms. The zero-order valence-electron chi connectivity index (χ0n) is 8.97. The van der Waals surface area contributed by atoms with Crippen molar-refractivity contribution < 1.29 is 5.11 Å². The van der Waals surface area contributed by atoms with Gasteiger partial charge in [0.2, 0.25) is 0 Å². The molecule has 0 fully saturated rings. The van der Waals surface area contributed by atoms with Crippen LogP contribution in [0.1, 0.15) is 0 Å². The van der Waals surface area contributed by atoms with Crippen LogP contribution in [-0.4, -0.2) is 9.67 Å². The van der Waals surface area contributed by atoms with E-state index in [-0.39, 0.29) is 5.75 Å². The molecule has 0 atom stereocenters. The van der Waals surface area contributed by atoms with E-state index in [1.54, 1.807) is 6.07 Å². The third kappa shape index (κ3) is 1.58. The minimum absolute atomic E-state index is 0.123. The Labute approximate surface area is 104 Å². The number of fused-ring (bicyclic) bond motifs is 1. The van der Waals surface area contributed by atoms with Crippen molar-refractivity contribution in [3.63, 3.8) is 0 Å². The largest absolute Gasteiger partial charge is 0.504 e. The SMILES string of the molecule is Oc1c(Cl)ccc2ccn(-c3ccccc3)c12. The van der Waals surface area contributed by atoms with Crippen LogP contribution in [0.15, 0.2) is 54.7 Å². The molecule has 2 nitrogen and oxygen atoms in total. The molecule has 1 N–H and O–H groups in total. The summed E-state index contributed by atoms with van der Waals surface area (Å²) in [4.78, 5) is 0. The second-order valence-corrected chi connectivity index (χ2v) is 4.26. The lowest BCUT2D eigenvalue weighted by Gasteiger charge is -2.07. The first kappa shape index (κ1) is 10.2. The molecule has 0 aliphatic carbocycles. The van der Waals surface area contributed by atoms with Gasteiger partial charge in [-0.2, -0.15) is 0 Å². The predicted octanol–water partition coefficient (Wildman–Crippen LogP) is 3.99. The summed E-state index contributed by atoms with van der Waals surface area (Å²) in [6.07, 6.45) is 1.93. The summed E-state index contributed by atoms with van der Waals surface area (Å²) in [6.45, 7) is 0. The highest BCUT2D eigenvalue weighted by Gasteiger charge is 2.10. The second-order valence-electron chi connectivity index (χ2n) is 3.86. The Kier molecular flexibility index (Phi) is 2.30. The average Bonchev–Trinajstić information content (AvgIpc) is 2.79. The summed E-state index contributed by atoms with van der Waals surface area (Å²) in [7, 11) is 0. The van der Waals surface area contributed by atoms with Crippen molar-refractivity contribution in [3.05, 3.63) is 59.8 Å². The Morgan fingerprint density at radius 3 is 2.47 bits per heavy atom. The quantitative estimate of drug-likeness (QED) is 0.687. The number of nitrogens with zero attached hydrogens (tertiary/aromatic N) is 1. The van der Waals surface area contributed by atoms with Crippen LogP contribution in [0.3, 0.4) is 0 Å². The molecule has 3 rings (SSSR count). The Bertz CT molecular complexity index is 673.